The molecule has 0 aliphatic rings. The van der Waals surface area contributed by atoms with E-state index in [1.807, 2.05) is 60.7 Å². The lowest BCUT2D eigenvalue weighted by Crippen LogP contribution is -2.01. The Morgan fingerprint density at radius 2 is 1.70 bits per heavy atom. The molecule has 0 saturated carbocycles. The monoisotopic (exact) mass is 334 g/mol. The van der Waals surface area contributed by atoms with Crippen molar-refractivity contribution in [2.75, 3.05) is 13.2 Å². The summed E-state index contributed by atoms with van der Waals surface area (Å²) < 4.78 is 5.30. The van der Waals surface area contributed by atoms with E-state index in [1.165, 1.54) is 0 Å². The first-order valence-corrected chi connectivity index (χ1v) is 7.36. The first kappa shape index (κ1) is 18.7. The first-order chi connectivity index (χ1) is 11.0. The third-order valence-corrected chi connectivity index (χ3v) is 2.91. The molecule has 0 unspecified atom stereocenters. The Bertz CT molecular complexity index is 617. The predicted octanol–water partition coefficient (Wildman–Crippen LogP) is 3.89. The smallest absolute Gasteiger partial charge is 0.300 e. The highest BCUT2D eigenvalue weighted by Crippen LogP contribution is 2.24. The van der Waals surface area contributed by atoms with Crippen molar-refractivity contribution in [3.63, 3.8) is 0 Å². The van der Waals surface area contributed by atoms with Crippen LogP contribution >= 0.6 is 11.6 Å². The molecule has 4 nitrogen and oxygen atoms in total. The van der Waals surface area contributed by atoms with Crippen LogP contribution in [0.25, 0.3) is 11.1 Å². The van der Waals surface area contributed by atoms with Crippen LogP contribution in [0.5, 0.6) is 5.75 Å². The van der Waals surface area contributed by atoms with Crippen LogP contribution in [0.3, 0.4) is 0 Å². The van der Waals surface area contributed by atoms with Crippen molar-refractivity contribution in [2.24, 2.45) is 0 Å². The van der Waals surface area contributed by atoms with Crippen LogP contribution in [0.1, 0.15) is 18.1 Å². The molecule has 2 aromatic rings. The Labute approximate surface area is 140 Å². The lowest BCUT2D eigenvalue weighted by atomic mass is 10.1. The van der Waals surface area contributed by atoms with Crippen LogP contribution in [0.15, 0.2) is 54.6 Å². The van der Waals surface area contributed by atoms with Gasteiger partial charge in [-0.2, -0.15) is 0 Å². The van der Waals surface area contributed by atoms with Gasteiger partial charge in [-0.15, -0.1) is 0 Å². The maximum Gasteiger partial charge on any atom is 0.300 e. The second kappa shape index (κ2) is 10.4. The van der Waals surface area contributed by atoms with Gasteiger partial charge in [0.25, 0.3) is 5.97 Å². The summed E-state index contributed by atoms with van der Waals surface area (Å²) in [5.41, 5.74) is 2.00. The fraction of sp³-hybridized carbons (Fsp3) is 0.167. The van der Waals surface area contributed by atoms with Gasteiger partial charge in [0, 0.05) is 12.0 Å². The maximum absolute atomic E-state index is 9.00. The van der Waals surface area contributed by atoms with E-state index in [4.69, 9.17) is 31.3 Å². The summed E-state index contributed by atoms with van der Waals surface area (Å²) >= 11 is 6.28. The summed E-state index contributed by atoms with van der Waals surface area (Å²) in [5, 5.41) is 16.8. The average Bonchev–Trinajstić information content (AvgIpc) is 2.54. The van der Waals surface area contributed by atoms with Crippen molar-refractivity contribution in [1.29, 1.82) is 0 Å². The number of benzene rings is 2. The normalized spacial score (nSPS) is 10.5. The van der Waals surface area contributed by atoms with Crippen molar-refractivity contribution in [1.82, 2.24) is 0 Å². The second-order valence-electron chi connectivity index (χ2n) is 4.52. The summed E-state index contributed by atoms with van der Waals surface area (Å²) in [6, 6.07) is 17.4. The highest BCUT2D eigenvalue weighted by atomic mass is 35.5. The first-order valence-electron chi connectivity index (χ1n) is 6.99. The average molecular weight is 335 g/mol. The standard InChI is InChI=1S/C16H15ClO2.C2H4O2/c17-16(12-13-4-2-1-3-5-13)14-6-8-15(9-7-14)19-11-10-18;1-2(3)4/h1-9,12,18H,10-11H2;1H3,(H,3,4). The van der Waals surface area contributed by atoms with E-state index in [0.717, 1.165) is 23.8 Å². The SMILES string of the molecule is CC(=O)O.OCCOc1ccc(C(Cl)=Cc2ccccc2)cc1. The fourth-order valence-electron chi connectivity index (χ4n) is 1.65. The van der Waals surface area contributed by atoms with Gasteiger partial charge in [-0.1, -0.05) is 41.9 Å². The third kappa shape index (κ3) is 8.04. The van der Waals surface area contributed by atoms with E-state index in [1.54, 1.807) is 0 Å². The van der Waals surface area contributed by atoms with Crippen LogP contribution in [-0.4, -0.2) is 29.4 Å². The number of carbonyl (C=O) groups is 1. The van der Waals surface area contributed by atoms with Gasteiger partial charge in [0.2, 0.25) is 0 Å². The van der Waals surface area contributed by atoms with Crippen molar-refractivity contribution < 1.29 is 19.7 Å². The molecule has 0 aliphatic carbocycles. The minimum Gasteiger partial charge on any atom is -0.491 e. The molecular weight excluding hydrogens is 316 g/mol. The molecule has 0 saturated heterocycles. The Hall–Kier alpha value is -2.30. The fourth-order valence-corrected chi connectivity index (χ4v) is 1.90. The Morgan fingerprint density at radius 1 is 1.13 bits per heavy atom. The van der Waals surface area contributed by atoms with Crippen molar-refractivity contribution >= 4 is 28.7 Å². The van der Waals surface area contributed by atoms with Gasteiger partial charge in [0.15, 0.2) is 0 Å². The van der Waals surface area contributed by atoms with E-state index < -0.39 is 5.97 Å². The zero-order valence-corrected chi connectivity index (χ0v) is 13.5. The predicted molar refractivity (Wildman–Crippen MR) is 92.5 cm³/mol. The van der Waals surface area contributed by atoms with E-state index in [2.05, 4.69) is 0 Å². The van der Waals surface area contributed by atoms with E-state index >= 15 is 0 Å². The largest absolute Gasteiger partial charge is 0.491 e. The van der Waals surface area contributed by atoms with E-state index in [0.29, 0.717) is 11.6 Å². The van der Waals surface area contributed by atoms with E-state index in [9.17, 15) is 0 Å². The van der Waals surface area contributed by atoms with Gasteiger partial charge in [0.1, 0.15) is 12.4 Å². The van der Waals surface area contributed by atoms with Crippen molar-refractivity contribution in [3.05, 3.63) is 65.7 Å². The maximum atomic E-state index is 9.00. The molecule has 0 radical (unpaired) electrons. The lowest BCUT2D eigenvalue weighted by Gasteiger charge is -2.05. The Morgan fingerprint density at radius 3 is 2.22 bits per heavy atom. The van der Waals surface area contributed by atoms with Crippen LogP contribution in [0, 0.1) is 0 Å². The summed E-state index contributed by atoms with van der Waals surface area (Å²) in [4.78, 5) is 9.00. The highest BCUT2D eigenvalue weighted by Gasteiger charge is 1.99. The molecule has 0 spiro atoms. The lowest BCUT2D eigenvalue weighted by molar-refractivity contribution is -0.134. The van der Waals surface area contributed by atoms with Gasteiger partial charge in [-0.3, -0.25) is 4.79 Å². The minimum absolute atomic E-state index is 0.0103. The van der Waals surface area contributed by atoms with Gasteiger partial charge >= 0.3 is 0 Å². The zero-order valence-electron chi connectivity index (χ0n) is 12.8. The molecule has 0 aliphatic heterocycles. The number of halogens is 1. The number of aliphatic hydroxyl groups is 1. The topological polar surface area (TPSA) is 66.8 Å². The number of carboxylic acids is 1. The van der Waals surface area contributed by atoms with Crippen molar-refractivity contribution in [2.45, 2.75) is 6.92 Å². The van der Waals surface area contributed by atoms with Crippen LogP contribution < -0.4 is 4.74 Å². The molecule has 0 heterocycles. The number of ether oxygens (including phenoxy) is 1. The minimum atomic E-state index is -0.833. The second-order valence-corrected chi connectivity index (χ2v) is 4.93. The molecule has 2 aromatic carbocycles. The molecule has 0 fully saturated rings. The van der Waals surface area contributed by atoms with Crippen LogP contribution in [0.4, 0.5) is 0 Å². The quantitative estimate of drug-likeness (QED) is 0.814. The molecule has 5 heteroatoms. The molecule has 0 bridgehead atoms. The number of aliphatic carboxylic acids is 1. The zero-order chi connectivity index (χ0) is 17.1. The molecule has 2 rings (SSSR count). The van der Waals surface area contributed by atoms with E-state index in [-0.39, 0.29) is 6.61 Å². The number of rotatable bonds is 5. The Balaban J connectivity index is 0.000000593. The number of hydrogen-bond donors (Lipinski definition) is 2. The number of carboxylic acid groups (broad SMARTS) is 1. The summed E-state index contributed by atoms with van der Waals surface area (Å²) in [6.45, 7) is 1.39. The summed E-state index contributed by atoms with van der Waals surface area (Å²) in [7, 11) is 0. The van der Waals surface area contributed by atoms with Gasteiger partial charge in [-0.25, -0.2) is 0 Å². The molecule has 23 heavy (non-hydrogen) atoms. The molecule has 0 aromatic heterocycles. The molecule has 0 atom stereocenters. The van der Waals surface area contributed by atoms with Crippen molar-refractivity contribution in [3.8, 4) is 5.75 Å². The molecule has 2 N–H and O–H groups in total. The summed E-state index contributed by atoms with van der Waals surface area (Å²) in [5.74, 6) is -0.109. The third-order valence-electron chi connectivity index (χ3n) is 2.58. The molecule has 122 valence electrons. The molecular formula is C18H19ClO4. The Kier molecular flexibility index (Phi) is 8.50. The van der Waals surface area contributed by atoms with Crippen LogP contribution in [-0.2, 0) is 4.79 Å². The number of hydrogen-bond acceptors (Lipinski definition) is 3. The van der Waals surface area contributed by atoms with Gasteiger partial charge < -0.3 is 14.9 Å². The molecule has 0 amide bonds. The number of aliphatic hydroxyl groups excluding tert-OH is 1. The van der Waals surface area contributed by atoms with Crippen LogP contribution in [0.2, 0.25) is 0 Å². The van der Waals surface area contributed by atoms with Gasteiger partial charge in [-0.05, 0) is 41.5 Å². The summed E-state index contributed by atoms with van der Waals surface area (Å²) in [6.07, 6.45) is 1.92. The highest BCUT2D eigenvalue weighted by molar-refractivity contribution is 6.51. The van der Waals surface area contributed by atoms with Gasteiger partial charge in [0.05, 0.1) is 6.61 Å².